The molecule has 1 aromatic carbocycles. The molecular formula is C11H13F4NO. The first-order chi connectivity index (χ1) is 7.68. The summed E-state index contributed by atoms with van der Waals surface area (Å²) in [6, 6.07) is 2.29. The van der Waals surface area contributed by atoms with Crippen molar-refractivity contribution in [2.45, 2.75) is 25.4 Å². The molecule has 2 nitrogen and oxygen atoms in total. The molecular weight excluding hydrogens is 238 g/mol. The fourth-order valence-electron chi connectivity index (χ4n) is 1.51. The molecule has 0 saturated heterocycles. The minimum absolute atomic E-state index is 0.0715. The lowest BCUT2D eigenvalue weighted by Crippen LogP contribution is -2.28. The summed E-state index contributed by atoms with van der Waals surface area (Å²) >= 11 is 0. The van der Waals surface area contributed by atoms with E-state index in [0.717, 1.165) is 12.1 Å². The van der Waals surface area contributed by atoms with Gasteiger partial charge >= 0.3 is 6.18 Å². The lowest BCUT2D eigenvalue weighted by atomic mass is 9.84. The highest BCUT2D eigenvalue weighted by molar-refractivity contribution is 5.32. The van der Waals surface area contributed by atoms with Gasteiger partial charge in [-0.1, -0.05) is 13.8 Å². The van der Waals surface area contributed by atoms with Crippen LogP contribution in [0.1, 0.15) is 25.0 Å². The van der Waals surface area contributed by atoms with Crippen LogP contribution in [0.25, 0.3) is 0 Å². The maximum atomic E-state index is 13.5. The summed E-state index contributed by atoms with van der Waals surface area (Å²) in [5.41, 5.74) is -1.89. The minimum Gasteiger partial charge on any atom is -0.304 e. The fourth-order valence-corrected chi connectivity index (χ4v) is 1.51. The number of rotatable bonds is 3. The van der Waals surface area contributed by atoms with E-state index in [1.54, 1.807) is 13.8 Å². The molecule has 1 aromatic rings. The molecule has 0 bridgehead atoms. The molecule has 0 aliphatic rings. The molecule has 1 rings (SSSR count). The van der Waals surface area contributed by atoms with Crippen molar-refractivity contribution in [3.63, 3.8) is 0 Å². The van der Waals surface area contributed by atoms with Crippen LogP contribution in [0, 0.1) is 5.82 Å². The Morgan fingerprint density at radius 1 is 1.24 bits per heavy atom. The summed E-state index contributed by atoms with van der Waals surface area (Å²) < 4.78 is 51.0. The molecule has 0 amide bonds. The van der Waals surface area contributed by atoms with E-state index in [1.807, 2.05) is 0 Å². The van der Waals surface area contributed by atoms with Gasteiger partial charge < -0.3 is 4.84 Å². The highest BCUT2D eigenvalue weighted by Crippen LogP contribution is 2.34. The Bertz CT molecular complexity index is 401. The molecule has 17 heavy (non-hydrogen) atoms. The molecule has 96 valence electrons. The van der Waals surface area contributed by atoms with E-state index in [1.165, 1.54) is 0 Å². The maximum Gasteiger partial charge on any atom is 0.416 e. The number of benzene rings is 1. The average molecular weight is 251 g/mol. The first-order valence-electron chi connectivity index (χ1n) is 4.87. The number of alkyl halides is 3. The van der Waals surface area contributed by atoms with Crippen molar-refractivity contribution in [2.24, 2.45) is 5.90 Å². The van der Waals surface area contributed by atoms with E-state index < -0.39 is 23.0 Å². The molecule has 0 radical (unpaired) electrons. The number of halogens is 4. The van der Waals surface area contributed by atoms with Gasteiger partial charge in [0.15, 0.2) is 0 Å². The van der Waals surface area contributed by atoms with Crippen LogP contribution in [0.2, 0.25) is 0 Å². The molecule has 0 fully saturated rings. The molecule has 0 aliphatic carbocycles. The molecule has 0 aliphatic heterocycles. The van der Waals surface area contributed by atoms with Gasteiger partial charge in [0.2, 0.25) is 0 Å². The molecule has 2 N–H and O–H groups in total. The van der Waals surface area contributed by atoms with Crippen molar-refractivity contribution >= 4 is 0 Å². The van der Waals surface area contributed by atoms with Gasteiger partial charge in [0.1, 0.15) is 5.82 Å². The van der Waals surface area contributed by atoms with Gasteiger partial charge in [-0.15, -0.1) is 0 Å². The highest BCUT2D eigenvalue weighted by Gasteiger charge is 2.33. The molecule has 0 saturated carbocycles. The Hall–Kier alpha value is -1.14. The van der Waals surface area contributed by atoms with Gasteiger partial charge in [-0.25, -0.2) is 10.3 Å². The number of hydrogen-bond donors (Lipinski definition) is 1. The van der Waals surface area contributed by atoms with Gasteiger partial charge in [-0.2, -0.15) is 13.2 Å². The summed E-state index contributed by atoms with van der Waals surface area (Å²) in [5.74, 6) is 4.17. The summed E-state index contributed by atoms with van der Waals surface area (Å²) in [7, 11) is 0. The van der Waals surface area contributed by atoms with E-state index >= 15 is 0 Å². The Morgan fingerprint density at radius 2 is 1.82 bits per heavy atom. The topological polar surface area (TPSA) is 35.2 Å². The average Bonchev–Trinajstić information content (AvgIpc) is 2.15. The molecule has 0 aromatic heterocycles. The monoisotopic (exact) mass is 251 g/mol. The van der Waals surface area contributed by atoms with E-state index in [0.29, 0.717) is 6.07 Å². The lowest BCUT2D eigenvalue weighted by Gasteiger charge is -2.25. The van der Waals surface area contributed by atoms with Crippen LogP contribution in [-0.4, -0.2) is 6.61 Å². The molecule has 0 atom stereocenters. The third-order valence-corrected chi connectivity index (χ3v) is 2.47. The van der Waals surface area contributed by atoms with Crippen LogP contribution in [-0.2, 0) is 16.4 Å². The van der Waals surface area contributed by atoms with Gasteiger partial charge in [0.25, 0.3) is 0 Å². The van der Waals surface area contributed by atoms with Gasteiger partial charge in [-0.3, -0.25) is 0 Å². The van der Waals surface area contributed by atoms with Crippen LogP contribution in [0.3, 0.4) is 0 Å². The van der Waals surface area contributed by atoms with Crippen molar-refractivity contribution in [1.82, 2.24) is 0 Å². The Labute approximate surface area is 96.3 Å². The Kier molecular flexibility index (Phi) is 3.78. The predicted molar refractivity (Wildman–Crippen MR) is 54.6 cm³/mol. The normalized spacial score (nSPS) is 12.9. The Balaban J connectivity index is 3.24. The van der Waals surface area contributed by atoms with Crippen molar-refractivity contribution in [1.29, 1.82) is 0 Å². The number of nitrogens with two attached hydrogens (primary N) is 1. The van der Waals surface area contributed by atoms with Crippen molar-refractivity contribution in [3.05, 3.63) is 35.1 Å². The van der Waals surface area contributed by atoms with E-state index in [4.69, 9.17) is 5.90 Å². The van der Waals surface area contributed by atoms with Crippen molar-refractivity contribution in [3.8, 4) is 0 Å². The molecule has 0 spiro atoms. The Morgan fingerprint density at radius 3 is 2.29 bits per heavy atom. The van der Waals surface area contributed by atoms with Crippen LogP contribution >= 0.6 is 0 Å². The third-order valence-electron chi connectivity index (χ3n) is 2.47. The smallest absolute Gasteiger partial charge is 0.304 e. The first kappa shape index (κ1) is 13.9. The zero-order valence-electron chi connectivity index (χ0n) is 9.44. The number of hydrogen-bond acceptors (Lipinski definition) is 2. The van der Waals surface area contributed by atoms with E-state index in [2.05, 4.69) is 4.84 Å². The second-order valence-corrected chi connectivity index (χ2v) is 4.39. The quantitative estimate of drug-likeness (QED) is 0.662. The van der Waals surface area contributed by atoms with Crippen molar-refractivity contribution < 1.29 is 22.4 Å². The highest BCUT2D eigenvalue weighted by atomic mass is 19.4. The van der Waals surface area contributed by atoms with Gasteiger partial charge in [0.05, 0.1) is 12.2 Å². The second kappa shape index (κ2) is 4.62. The van der Waals surface area contributed by atoms with Gasteiger partial charge in [-0.05, 0) is 23.8 Å². The molecule has 6 heteroatoms. The molecule has 0 heterocycles. The van der Waals surface area contributed by atoms with Gasteiger partial charge in [0, 0.05) is 5.41 Å². The SMILES string of the molecule is CC(C)(CON)c1cc(C(F)(F)F)ccc1F. The third kappa shape index (κ3) is 3.17. The first-order valence-corrected chi connectivity index (χ1v) is 4.87. The van der Waals surface area contributed by atoms with Crippen LogP contribution < -0.4 is 5.90 Å². The van der Waals surface area contributed by atoms with Crippen LogP contribution in [0.4, 0.5) is 17.6 Å². The summed E-state index contributed by atoms with van der Waals surface area (Å²) in [4.78, 5) is 4.39. The lowest BCUT2D eigenvalue weighted by molar-refractivity contribution is -0.137. The van der Waals surface area contributed by atoms with Crippen LogP contribution in [0.15, 0.2) is 18.2 Å². The van der Waals surface area contributed by atoms with E-state index in [9.17, 15) is 17.6 Å². The molecule has 0 unspecified atom stereocenters. The summed E-state index contributed by atoms with van der Waals surface area (Å²) in [5, 5.41) is 0. The zero-order valence-corrected chi connectivity index (χ0v) is 9.44. The van der Waals surface area contributed by atoms with E-state index in [-0.39, 0.29) is 12.2 Å². The minimum atomic E-state index is -4.50. The standard InChI is InChI=1S/C11H13F4NO/c1-10(2,6-17-16)8-5-7(11(13,14)15)3-4-9(8)12/h3-5H,6,16H2,1-2H3. The van der Waals surface area contributed by atoms with Crippen LogP contribution in [0.5, 0.6) is 0 Å². The summed E-state index contributed by atoms with van der Waals surface area (Å²) in [6.07, 6.45) is -4.50. The predicted octanol–water partition coefficient (Wildman–Crippen LogP) is 3.01. The second-order valence-electron chi connectivity index (χ2n) is 4.39. The van der Waals surface area contributed by atoms with Crippen molar-refractivity contribution in [2.75, 3.05) is 6.61 Å². The maximum absolute atomic E-state index is 13.5. The largest absolute Gasteiger partial charge is 0.416 e. The fraction of sp³-hybridized carbons (Fsp3) is 0.455. The summed E-state index contributed by atoms with van der Waals surface area (Å²) in [6.45, 7) is 3.03. The zero-order chi connectivity index (χ0) is 13.3.